The first-order valence-corrected chi connectivity index (χ1v) is 5.16. The average Bonchev–Trinajstić information content (AvgIpc) is 2.27. The molecule has 0 unspecified atom stereocenters. The highest BCUT2D eigenvalue weighted by Crippen LogP contribution is 2.11. The van der Waals surface area contributed by atoms with Crippen molar-refractivity contribution in [1.82, 2.24) is 5.32 Å². The highest BCUT2D eigenvalue weighted by Gasteiger charge is 1.99. The van der Waals surface area contributed by atoms with E-state index in [1.165, 1.54) is 6.08 Å². The molecule has 0 aromatic heterocycles. The lowest BCUT2D eigenvalue weighted by Crippen LogP contribution is -2.28. The van der Waals surface area contributed by atoms with Crippen LogP contribution in [0.3, 0.4) is 0 Å². The topological polar surface area (TPSA) is 61.0 Å². The molecule has 0 heterocycles. The maximum Gasteiger partial charge on any atom is 0.319 e. The van der Waals surface area contributed by atoms with Gasteiger partial charge in [0.25, 0.3) is 0 Å². The summed E-state index contributed by atoms with van der Waals surface area (Å²) >= 11 is 0. The van der Waals surface area contributed by atoms with Gasteiger partial charge in [-0.25, -0.2) is 9.90 Å². The maximum atomic E-state index is 11.2. The van der Waals surface area contributed by atoms with Crippen LogP contribution in [0.25, 0.3) is 6.08 Å². The molecule has 0 spiro atoms. The molecule has 0 saturated carbocycles. The van der Waals surface area contributed by atoms with E-state index in [2.05, 4.69) is 10.6 Å². The number of hydrogen-bond acceptors (Lipinski definition) is 1. The van der Waals surface area contributed by atoms with Gasteiger partial charge < -0.3 is 10.6 Å². The molecule has 0 fully saturated rings. The number of anilines is 1. The van der Waals surface area contributed by atoms with Crippen molar-refractivity contribution in [3.63, 3.8) is 0 Å². The van der Waals surface area contributed by atoms with E-state index < -0.39 is 0 Å². The Labute approximate surface area is 95.0 Å². The molecule has 0 aliphatic heterocycles. The molecule has 2 N–H and O–H groups in total. The number of amides is 2. The van der Waals surface area contributed by atoms with Crippen LogP contribution in [0.4, 0.5) is 10.5 Å². The van der Waals surface area contributed by atoms with Gasteiger partial charge in [0.1, 0.15) is 6.61 Å². The fourth-order valence-corrected chi connectivity index (χ4v) is 1.24. The molecule has 0 atom stereocenters. The Morgan fingerprint density at radius 2 is 2.25 bits per heavy atom. The second kappa shape index (κ2) is 6.63. The van der Waals surface area contributed by atoms with Crippen molar-refractivity contribution in [2.75, 3.05) is 18.5 Å². The second-order valence-corrected chi connectivity index (χ2v) is 3.18. The van der Waals surface area contributed by atoms with Crippen LogP contribution in [0.1, 0.15) is 12.5 Å². The molecule has 0 aliphatic rings. The third-order valence-corrected chi connectivity index (χ3v) is 1.89. The van der Waals surface area contributed by atoms with Crippen LogP contribution in [0.5, 0.6) is 0 Å². The van der Waals surface area contributed by atoms with Gasteiger partial charge in [-0.1, -0.05) is 24.3 Å². The first-order valence-electron chi connectivity index (χ1n) is 5.16. The van der Waals surface area contributed by atoms with Crippen LogP contribution < -0.4 is 10.6 Å². The third-order valence-electron chi connectivity index (χ3n) is 1.89. The monoisotopic (exact) mass is 219 g/mol. The predicted octanol–water partition coefficient (Wildman–Crippen LogP) is 2.27. The number of benzene rings is 1. The van der Waals surface area contributed by atoms with Crippen molar-refractivity contribution >= 4 is 17.8 Å². The second-order valence-electron chi connectivity index (χ2n) is 3.18. The summed E-state index contributed by atoms with van der Waals surface area (Å²) in [7, 11) is 0. The average molecular weight is 219 g/mol. The number of carbonyl (C=O) groups is 1. The van der Waals surface area contributed by atoms with Crippen LogP contribution >= 0.6 is 0 Å². The Kier molecular flexibility index (Phi) is 5.08. The molecule has 1 aromatic carbocycles. The summed E-state index contributed by atoms with van der Waals surface area (Å²) in [6.45, 7) is 2.20. The van der Waals surface area contributed by atoms with E-state index in [1.807, 2.05) is 19.1 Å². The van der Waals surface area contributed by atoms with E-state index in [4.69, 9.17) is 0 Å². The van der Waals surface area contributed by atoms with E-state index in [9.17, 15) is 9.90 Å². The van der Waals surface area contributed by atoms with Crippen molar-refractivity contribution in [3.05, 3.63) is 35.9 Å². The van der Waals surface area contributed by atoms with Crippen molar-refractivity contribution in [1.29, 1.82) is 0 Å². The van der Waals surface area contributed by atoms with Crippen LogP contribution in [0.2, 0.25) is 0 Å². The summed E-state index contributed by atoms with van der Waals surface area (Å²) in [5, 5.41) is 15.6. The Hall–Kier alpha value is -1.81. The molecule has 85 valence electrons. The van der Waals surface area contributed by atoms with Gasteiger partial charge in [0.15, 0.2) is 0 Å². The zero-order valence-corrected chi connectivity index (χ0v) is 9.19. The predicted molar refractivity (Wildman–Crippen MR) is 63.7 cm³/mol. The van der Waals surface area contributed by atoms with Crippen molar-refractivity contribution in [2.24, 2.45) is 0 Å². The van der Waals surface area contributed by atoms with Gasteiger partial charge in [-0.15, -0.1) is 0 Å². The Balaban J connectivity index is 2.67. The molecular weight excluding hydrogens is 204 g/mol. The van der Waals surface area contributed by atoms with Gasteiger partial charge in [-0.2, -0.15) is 0 Å². The number of urea groups is 1. The lowest BCUT2D eigenvalue weighted by molar-refractivity contribution is 0.233. The SMILES string of the molecule is CCNC(=O)Nc1cccc(C=CC[O])c1. The minimum absolute atomic E-state index is 0.229. The van der Waals surface area contributed by atoms with Gasteiger partial charge in [0, 0.05) is 12.2 Å². The first kappa shape index (κ1) is 12.3. The summed E-state index contributed by atoms with van der Waals surface area (Å²) in [6.07, 6.45) is 3.27. The molecule has 0 saturated heterocycles. The van der Waals surface area contributed by atoms with Crippen molar-refractivity contribution in [3.8, 4) is 0 Å². The van der Waals surface area contributed by atoms with Gasteiger partial charge in [-0.3, -0.25) is 0 Å². The summed E-state index contributed by atoms with van der Waals surface area (Å²) in [5.41, 5.74) is 1.60. The highest BCUT2D eigenvalue weighted by molar-refractivity contribution is 5.89. The molecule has 1 radical (unpaired) electrons. The van der Waals surface area contributed by atoms with Gasteiger partial charge >= 0.3 is 6.03 Å². The normalized spacial score (nSPS) is 10.4. The van der Waals surface area contributed by atoms with Gasteiger partial charge in [-0.05, 0) is 24.6 Å². The molecular formula is C12H15N2O2. The Morgan fingerprint density at radius 1 is 1.44 bits per heavy atom. The number of rotatable bonds is 4. The molecule has 2 amide bonds. The maximum absolute atomic E-state index is 11.2. The van der Waals surface area contributed by atoms with E-state index >= 15 is 0 Å². The molecule has 4 heteroatoms. The van der Waals surface area contributed by atoms with E-state index in [1.54, 1.807) is 18.2 Å². The quantitative estimate of drug-likeness (QED) is 0.801. The van der Waals surface area contributed by atoms with Crippen LogP contribution in [0.15, 0.2) is 30.3 Å². The van der Waals surface area contributed by atoms with Gasteiger partial charge in [0.05, 0.1) is 0 Å². The molecule has 1 rings (SSSR count). The van der Waals surface area contributed by atoms with E-state index in [0.717, 1.165) is 5.56 Å². The summed E-state index contributed by atoms with van der Waals surface area (Å²) in [5.74, 6) is 0. The van der Waals surface area contributed by atoms with Crippen molar-refractivity contribution < 1.29 is 9.90 Å². The molecule has 16 heavy (non-hydrogen) atoms. The minimum Gasteiger partial charge on any atom is -0.338 e. The van der Waals surface area contributed by atoms with Crippen LogP contribution in [-0.4, -0.2) is 19.2 Å². The lowest BCUT2D eigenvalue weighted by Gasteiger charge is -2.06. The molecule has 1 aromatic rings. The first-order chi connectivity index (χ1) is 7.76. The third kappa shape index (κ3) is 4.14. The number of carbonyl (C=O) groups excluding carboxylic acids is 1. The minimum atomic E-state index is -0.242. The smallest absolute Gasteiger partial charge is 0.319 e. The molecule has 0 bridgehead atoms. The van der Waals surface area contributed by atoms with Gasteiger partial charge in [0.2, 0.25) is 0 Å². The van der Waals surface area contributed by atoms with Crippen molar-refractivity contribution in [2.45, 2.75) is 6.92 Å². The van der Waals surface area contributed by atoms with Crippen LogP contribution in [0, 0.1) is 0 Å². The standard InChI is InChI=1S/C12H15N2O2/c1-2-13-12(16)14-11-7-3-5-10(9-11)6-4-8-15/h3-7,9H,2,8H2,1H3,(H2,13,14,16). The summed E-state index contributed by atoms with van der Waals surface area (Å²) < 4.78 is 0. The van der Waals surface area contributed by atoms with Crippen LogP contribution in [-0.2, 0) is 5.11 Å². The van der Waals surface area contributed by atoms with E-state index in [0.29, 0.717) is 12.2 Å². The molecule has 0 aliphatic carbocycles. The fraction of sp³-hybridized carbons (Fsp3) is 0.250. The lowest BCUT2D eigenvalue weighted by atomic mass is 10.2. The molecule has 4 nitrogen and oxygen atoms in total. The summed E-state index contributed by atoms with van der Waals surface area (Å²) in [4.78, 5) is 11.2. The zero-order valence-electron chi connectivity index (χ0n) is 9.19. The summed E-state index contributed by atoms with van der Waals surface area (Å²) in [6, 6.07) is 7.07. The Bertz CT molecular complexity index is 375. The fourth-order valence-electron chi connectivity index (χ4n) is 1.24. The zero-order chi connectivity index (χ0) is 11.8. The largest absolute Gasteiger partial charge is 0.338 e. The number of hydrogen-bond donors (Lipinski definition) is 2. The van der Waals surface area contributed by atoms with E-state index in [-0.39, 0.29) is 12.6 Å². The highest BCUT2D eigenvalue weighted by atomic mass is 16.2. The number of nitrogens with one attached hydrogen (secondary N) is 2. The Morgan fingerprint density at radius 3 is 2.94 bits per heavy atom.